The molecule has 1 N–H and O–H groups in total. The Balaban J connectivity index is 1.14. The van der Waals surface area contributed by atoms with Gasteiger partial charge in [-0.3, -0.25) is 4.79 Å². The first-order chi connectivity index (χ1) is 13.3. The highest BCUT2D eigenvalue weighted by atomic mass is 32.2. The summed E-state index contributed by atoms with van der Waals surface area (Å²) in [5.74, 6) is 3.18. The van der Waals surface area contributed by atoms with Crippen LogP contribution in [-0.2, 0) is 9.53 Å². The molecule has 4 fully saturated rings. The number of hydrogen-bond donors (Lipinski definition) is 1. The van der Waals surface area contributed by atoms with Gasteiger partial charge < -0.3 is 19.9 Å². The topological polar surface area (TPSA) is 44.8 Å². The Morgan fingerprint density at radius 2 is 1.52 bits per heavy atom. The number of hydrogen-bond acceptors (Lipinski definition) is 5. The number of nitrogens with zero attached hydrogens (tertiary/aromatic N) is 2. The standard InChI is InChI=1S/C21H37N3O2S/c25-21(22-16-20-2-1-13-26-20)17-3-9-23(10-4-17)18-5-11-24(12-6-18)19-7-14-27-15-8-19/h17-20H,1-16H2,(H,22,25). The van der Waals surface area contributed by atoms with Crippen LogP contribution in [0.25, 0.3) is 0 Å². The molecule has 6 heteroatoms. The minimum Gasteiger partial charge on any atom is -0.376 e. The van der Waals surface area contributed by atoms with Crippen molar-refractivity contribution in [3.63, 3.8) is 0 Å². The third-order valence-corrected chi connectivity index (χ3v) is 8.20. The van der Waals surface area contributed by atoms with Crippen LogP contribution in [0.2, 0.25) is 0 Å². The zero-order valence-electron chi connectivity index (χ0n) is 16.7. The molecule has 4 heterocycles. The minimum atomic E-state index is 0.211. The van der Waals surface area contributed by atoms with Crippen molar-refractivity contribution in [3.8, 4) is 0 Å². The van der Waals surface area contributed by atoms with Gasteiger partial charge in [0.2, 0.25) is 5.91 Å². The Labute approximate surface area is 168 Å². The molecule has 0 radical (unpaired) electrons. The number of carbonyl (C=O) groups is 1. The van der Waals surface area contributed by atoms with Crippen LogP contribution in [-0.4, -0.2) is 84.7 Å². The van der Waals surface area contributed by atoms with E-state index in [1.165, 1.54) is 50.3 Å². The Hall–Kier alpha value is -0.300. The third-order valence-electron chi connectivity index (χ3n) is 7.15. The lowest BCUT2D eigenvalue weighted by Gasteiger charge is -2.44. The summed E-state index contributed by atoms with van der Waals surface area (Å²) >= 11 is 2.12. The van der Waals surface area contributed by atoms with Crippen molar-refractivity contribution in [2.75, 3.05) is 50.8 Å². The summed E-state index contributed by atoms with van der Waals surface area (Å²) in [6.07, 6.45) is 9.95. The number of thioether (sulfide) groups is 1. The van der Waals surface area contributed by atoms with Crippen molar-refractivity contribution in [3.05, 3.63) is 0 Å². The molecule has 4 rings (SSSR count). The molecule has 4 aliphatic heterocycles. The molecular formula is C21H37N3O2S. The molecule has 1 unspecified atom stereocenters. The first kappa shape index (κ1) is 20.0. The summed E-state index contributed by atoms with van der Waals surface area (Å²) < 4.78 is 5.61. The number of ether oxygens (including phenoxy) is 1. The Morgan fingerprint density at radius 3 is 2.15 bits per heavy atom. The van der Waals surface area contributed by atoms with E-state index in [1.54, 1.807) is 0 Å². The van der Waals surface area contributed by atoms with Crippen LogP contribution < -0.4 is 5.32 Å². The van der Waals surface area contributed by atoms with Gasteiger partial charge in [-0.05, 0) is 89.1 Å². The molecular weight excluding hydrogens is 358 g/mol. The number of likely N-dealkylation sites (tertiary alicyclic amines) is 2. The number of amides is 1. The number of piperidine rings is 2. The van der Waals surface area contributed by atoms with E-state index in [0.29, 0.717) is 6.54 Å². The number of nitrogens with one attached hydrogen (secondary N) is 1. The van der Waals surface area contributed by atoms with E-state index in [2.05, 4.69) is 26.9 Å². The molecule has 154 valence electrons. The molecule has 27 heavy (non-hydrogen) atoms. The Bertz CT molecular complexity index is 464. The van der Waals surface area contributed by atoms with Crippen LogP contribution in [0.1, 0.15) is 51.4 Å². The second kappa shape index (κ2) is 9.95. The monoisotopic (exact) mass is 395 g/mol. The molecule has 1 atom stereocenters. The maximum absolute atomic E-state index is 12.5. The maximum Gasteiger partial charge on any atom is 0.223 e. The van der Waals surface area contributed by atoms with E-state index in [4.69, 9.17) is 4.74 Å². The average molecular weight is 396 g/mol. The van der Waals surface area contributed by atoms with Crippen LogP contribution in [0.4, 0.5) is 0 Å². The van der Waals surface area contributed by atoms with E-state index in [9.17, 15) is 4.79 Å². The molecule has 0 aromatic carbocycles. The van der Waals surface area contributed by atoms with E-state index < -0.39 is 0 Å². The molecule has 0 bridgehead atoms. The zero-order chi connectivity index (χ0) is 18.5. The summed E-state index contributed by atoms with van der Waals surface area (Å²) in [7, 11) is 0. The summed E-state index contributed by atoms with van der Waals surface area (Å²) in [5, 5.41) is 3.14. The van der Waals surface area contributed by atoms with Gasteiger partial charge in [0.1, 0.15) is 0 Å². The third kappa shape index (κ3) is 5.40. The normalized spacial score (nSPS) is 30.6. The average Bonchev–Trinajstić information content (AvgIpc) is 3.27. The molecule has 5 nitrogen and oxygen atoms in total. The van der Waals surface area contributed by atoms with Crippen LogP contribution >= 0.6 is 11.8 Å². The second-order valence-electron chi connectivity index (χ2n) is 8.80. The second-order valence-corrected chi connectivity index (χ2v) is 10.0. The van der Waals surface area contributed by atoms with Crippen molar-refractivity contribution in [2.45, 2.75) is 69.6 Å². The predicted octanol–water partition coefficient (Wildman–Crippen LogP) is 2.35. The highest BCUT2D eigenvalue weighted by Crippen LogP contribution is 2.28. The highest BCUT2D eigenvalue weighted by Gasteiger charge is 2.32. The van der Waals surface area contributed by atoms with Crippen molar-refractivity contribution >= 4 is 17.7 Å². The van der Waals surface area contributed by atoms with Gasteiger partial charge in [0.25, 0.3) is 0 Å². The molecule has 0 spiro atoms. The maximum atomic E-state index is 12.5. The fourth-order valence-corrected chi connectivity index (χ4v) is 6.44. The SMILES string of the molecule is O=C(NCC1CCCO1)C1CCN(C2CCN(C3CCSCC3)CC2)CC1. The molecule has 0 aromatic rings. The molecule has 4 aliphatic rings. The molecule has 0 saturated carbocycles. The van der Waals surface area contributed by atoms with Crippen LogP contribution in [0.3, 0.4) is 0 Å². The predicted molar refractivity (Wildman–Crippen MR) is 111 cm³/mol. The lowest BCUT2D eigenvalue weighted by atomic mass is 9.92. The van der Waals surface area contributed by atoms with Crippen molar-refractivity contribution in [1.29, 1.82) is 0 Å². The van der Waals surface area contributed by atoms with Gasteiger partial charge in [0.15, 0.2) is 0 Å². The van der Waals surface area contributed by atoms with E-state index in [0.717, 1.165) is 57.5 Å². The molecule has 4 saturated heterocycles. The van der Waals surface area contributed by atoms with Gasteiger partial charge in [0.05, 0.1) is 6.10 Å². The first-order valence-electron chi connectivity index (χ1n) is 11.2. The summed E-state index contributed by atoms with van der Waals surface area (Å²) in [5.41, 5.74) is 0. The van der Waals surface area contributed by atoms with Crippen molar-refractivity contribution in [1.82, 2.24) is 15.1 Å². The first-order valence-corrected chi connectivity index (χ1v) is 12.4. The quantitative estimate of drug-likeness (QED) is 0.774. The van der Waals surface area contributed by atoms with Gasteiger partial charge in [-0.1, -0.05) is 0 Å². The van der Waals surface area contributed by atoms with Gasteiger partial charge in [-0.2, -0.15) is 11.8 Å². The number of rotatable bonds is 5. The van der Waals surface area contributed by atoms with Crippen LogP contribution in [0, 0.1) is 5.92 Å². The fourth-order valence-electron chi connectivity index (χ4n) is 5.36. The van der Waals surface area contributed by atoms with Gasteiger partial charge in [-0.15, -0.1) is 0 Å². The van der Waals surface area contributed by atoms with E-state index in [1.807, 2.05) is 0 Å². The largest absolute Gasteiger partial charge is 0.376 e. The lowest BCUT2D eigenvalue weighted by molar-refractivity contribution is -0.127. The Morgan fingerprint density at radius 1 is 0.889 bits per heavy atom. The van der Waals surface area contributed by atoms with Crippen molar-refractivity contribution < 1.29 is 9.53 Å². The molecule has 1 amide bonds. The van der Waals surface area contributed by atoms with E-state index in [-0.39, 0.29) is 17.9 Å². The van der Waals surface area contributed by atoms with E-state index >= 15 is 0 Å². The zero-order valence-corrected chi connectivity index (χ0v) is 17.6. The fraction of sp³-hybridized carbons (Fsp3) is 0.952. The highest BCUT2D eigenvalue weighted by molar-refractivity contribution is 7.99. The summed E-state index contributed by atoms with van der Waals surface area (Å²) in [6.45, 7) is 6.32. The number of carbonyl (C=O) groups excluding carboxylic acids is 1. The minimum absolute atomic E-state index is 0.211. The lowest BCUT2D eigenvalue weighted by Crippen LogP contribution is -2.51. The molecule has 0 aliphatic carbocycles. The van der Waals surface area contributed by atoms with Gasteiger partial charge >= 0.3 is 0 Å². The van der Waals surface area contributed by atoms with Gasteiger partial charge in [0, 0.05) is 31.2 Å². The van der Waals surface area contributed by atoms with Crippen LogP contribution in [0.15, 0.2) is 0 Å². The summed E-state index contributed by atoms with van der Waals surface area (Å²) in [4.78, 5) is 17.9. The molecule has 0 aromatic heterocycles. The van der Waals surface area contributed by atoms with Crippen molar-refractivity contribution in [2.24, 2.45) is 5.92 Å². The van der Waals surface area contributed by atoms with Crippen LogP contribution in [0.5, 0.6) is 0 Å². The smallest absolute Gasteiger partial charge is 0.223 e. The van der Waals surface area contributed by atoms with Gasteiger partial charge in [-0.25, -0.2) is 0 Å². The Kier molecular flexibility index (Phi) is 7.37. The summed E-state index contributed by atoms with van der Waals surface area (Å²) in [6, 6.07) is 1.60.